The van der Waals surface area contributed by atoms with Gasteiger partial charge in [-0.05, 0) is 38.0 Å². The molecule has 2 saturated heterocycles. The number of carbonyl (C=O) groups is 1. The predicted octanol–water partition coefficient (Wildman–Crippen LogP) is 0.735. The Morgan fingerprint density at radius 1 is 1.36 bits per heavy atom. The Balaban J connectivity index is 1.81. The molecule has 3 nitrogen and oxygen atoms in total. The van der Waals surface area contributed by atoms with Gasteiger partial charge in [0.2, 0.25) is 5.91 Å². The topological polar surface area (TPSA) is 46.3 Å². The zero-order chi connectivity index (χ0) is 9.71. The smallest absolute Gasteiger partial charge is 0.226 e. The van der Waals surface area contributed by atoms with Crippen LogP contribution in [0.1, 0.15) is 32.1 Å². The Morgan fingerprint density at radius 2 is 2.07 bits per heavy atom. The van der Waals surface area contributed by atoms with Crippen LogP contribution in [-0.4, -0.2) is 29.4 Å². The SMILES string of the molecule is NCC1C2CC(C2)C(=O)N1C1CCC1. The maximum Gasteiger partial charge on any atom is 0.226 e. The van der Waals surface area contributed by atoms with Gasteiger partial charge in [-0.25, -0.2) is 0 Å². The van der Waals surface area contributed by atoms with E-state index in [1.807, 2.05) is 0 Å². The number of carbonyl (C=O) groups excluding carboxylic acids is 1. The summed E-state index contributed by atoms with van der Waals surface area (Å²) in [5.41, 5.74) is 5.79. The van der Waals surface area contributed by atoms with Gasteiger partial charge >= 0.3 is 0 Å². The molecular formula is C11H18N2O. The summed E-state index contributed by atoms with van der Waals surface area (Å²) < 4.78 is 0. The largest absolute Gasteiger partial charge is 0.335 e. The van der Waals surface area contributed by atoms with Crippen LogP contribution in [0.2, 0.25) is 0 Å². The summed E-state index contributed by atoms with van der Waals surface area (Å²) in [4.78, 5) is 14.2. The van der Waals surface area contributed by atoms with Crippen LogP contribution in [0.3, 0.4) is 0 Å². The first kappa shape index (κ1) is 8.72. The van der Waals surface area contributed by atoms with Gasteiger partial charge in [-0.2, -0.15) is 0 Å². The van der Waals surface area contributed by atoms with Crippen LogP contribution >= 0.6 is 0 Å². The molecule has 2 bridgehead atoms. The van der Waals surface area contributed by atoms with Gasteiger partial charge in [0, 0.05) is 24.5 Å². The Bertz CT molecular complexity index is 256. The summed E-state index contributed by atoms with van der Waals surface area (Å²) in [6.07, 6.45) is 5.94. The van der Waals surface area contributed by atoms with Gasteiger partial charge in [-0.3, -0.25) is 4.79 Å². The van der Waals surface area contributed by atoms with E-state index in [1.54, 1.807) is 0 Å². The fourth-order valence-corrected chi connectivity index (χ4v) is 3.20. The summed E-state index contributed by atoms with van der Waals surface area (Å²) in [6, 6.07) is 0.916. The average Bonchev–Trinajstić information content (AvgIpc) is 2.01. The van der Waals surface area contributed by atoms with Gasteiger partial charge in [0.15, 0.2) is 0 Å². The van der Waals surface area contributed by atoms with Crippen LogP contribution in [0.4, 0.5) is 0 Å². The molecule has 2 heterocycles. The highest BCUT2D eigenvalue weighted by Crippen LogP contribution is 2.46. The lowest BCUT2D eigenvalue weighted by Gasteiger charge is -2.56. The molecule has 4 rings (SSSR count). The Morgan fingerprint density at radius 3 is 2.57 bits per heavy atom. The standard InChI is InChI=1S/C11H18N2O/c12-6-10-7-4-8(5-7)11(14)13(10)9-2-1-3-9/h7-10H,1-6,12H2. The third-order valence-electron chi connectivity index (χ3n) is 4.39. The van der Waals surface area contributed by atoms with Crippen LogP contribution in [0, 0.1) is 11.8 Å². The minimum Gasteiger partial charge on any atom is -0.335 e. The van der Waals surface area contributed by atoms with Crippen LogP contribution in [0.5, 0.6) is 0 Å². The first-order valence-corrected chi connectivity index (χ1v) is 5.83. The minimum absolute atomic E-state index is 0.364. The number of hydrogen-bond acceptors (Lipinski definition) is 2. The highest BCUT2D eigenvalue weighted by atomic mass is 16.2. The molecular weight excluding hydrogens is 176 g/mol. The summed E-state index contributed by atoms with van der Waals surface area (Å²) >= 11 is 0. The van der Waals surface area contributed by atoms with E-state index in [9.17, 15) is 4.79 Å². The number of amides is 1. The molecule has 0 aromatic rings. The van der Waals surface area contributed by atoms with Crippen molar-refractivity contribution >= 4 is 5.91 Å². The maximum absolute atomic E-state index is 12.0. The normalized spacial score (nSPS) is 41.9. The number of nitrogens with two attached hydrogens (primary N) is 1. The Labute approximate surface area is 84.6 Å². The molecule has 1 unspecified atom stereocenters. The number of nitrogens with zero attached hydrogens (tertiary/aromatic N) is 1. The third-order valence-corrected chi connectivity index (χ3v) is 4.39. The summed E-state index contributed by atoms with van der Waals surface area (Å²) in [7, 11) is 0. The van der Waals surface area contributed by atoms with Crippen molar-refractivity contribution in [1.82, 2.24) is 4.90 Å². The van der Waals surface area contributed by atoms with E-state index in [-0.39, 0.29) is 0 Å². The second kappa shape index (κ2) is 2.96. The Kier molecular flexibility index (Phi) is 1.84. The van der Waals surface area contributed by atoms with E-state index >= 15 is 0 Å². The number of hydrogen-bond donors (Lipinski definition) is 1. The third kappa shape index (κ3) is 0.991. The molecule has 2 aliphatic carbocycles. The zero-order valence-electron chi connectivity index (χ0n) is 8.48. The Hall–Kier alpha value is -0.570. The molecule has 4 fully saturated rings. The molecule has 2 saturated carbocycles. The van der Waals surface area contributed by atoms with E-state index in [4.69, 9.17) is 5.73 Å². The second-order valence-electron chi connectivity index (χ2n) is 5.06. The van der Waals surface area contributed by atoms with E-state index < -0.39 is 0 Å². The van der Waals surface area contributed by atoms with Crippen LogP contribution < -0.4 is 5.73 Å². The van der Waals surface area contributed by atoms with Crippen molar-refractivity contribution in [3.05, 3.63) is 0 Å². The first-order chi connectivity index (χ1) is 6.81. The molecule has 14 heavy (non-hydrogen) atoms. The molecule has 0 aromatic heterocycles. The van der Waals surface area contributed by atoms with Crippen molar-refractivity contribution in [2.45, 2.75) is 44.2 Å². The second-order valence-corrected chi connectivity index (χ2v) is 5.06. The first-order valence-electron chi connectivity index (χ1n) is 5.83. The minimum atomic E-state index is 0.364. The van der Waals surface area contributed by atoms with Crippen molar-refractivity contribution in [2.24, 2.45) is 17.6 Å². The van der Waals surface area contributed by atoms with E-state index in [2.05, 4.69) is 4.90 Å². The molecule has 4 aliphatic rings. The molecule has 0 spiro atoms. The molecule has 2 aliphatic heterocycles. The van der Waals surface area contributed by atoms with Crippen molar-refractivity contribution in [2.75, 3.05) is 6.54 Å². The summed E-state index contributed by atoms with van der Waals surface area (Å²) in [6.45, 7) is 0.666. The summed E-state index contributed by atoms with van der Waals surface area (Å²) in [5, 5.41) is 0. The lowest BCUT2D eigenvalue weighted by molar-refractivity contribution is -0.163. The molecule has 1 amide bonds. The van der Waals surface area contributed by atoms with Crippen molar-refractivity contribution < 1.29 is 4.79 Å². The van der Waals surface area contributed by atoms with Crippen molar-refractivity contribution in [3.63, 3.8) is 0 Å². The number of piperidine rings is 2. The zero-order valence-corrected chi connectivity index (χ0v) is 8.48. The molecule has 78 valence electrons. The molecule has 3 heteroatoms. The molecule has 0 radical (unpaired) electrons. The van der Waals surface area contributed by atoms with Gasteiger partial charge in [-0.1, -0.05) is 0 Å². The van der Waals surface area contributed by atoms with Gasteiger partial charge in [0.05, 0.1) is 0 Å². The van der Waals surface area contributed by atoms with E-state index in [0.717, 1.165) is 18.8 Å². The molecule has 2 N–H and O–H groups in total. The fraction of sp³-hybridized carbons (Fsp3) is 0.909. The van der Waals surface area contributed by atoms with Gasteiger partial charge < -0.3 is 10.6 Å². The van der Waals surface area contributed by atoms with Crippen molar-refractivity contribution in [3.8, 4) is 0 Å². The van der Waals surface area contributed by atoms with Crippen LogP contribution in [0.15, 0.2) is 0 Å². The average molecular weight is 194 g/mol. The van der Waals surface area contributed by atoms with Crippen LogP contribution in [0.25, 0.3) is 0 Å². The predicted molar refractivity (Wildman–Crippen MR) is 53.5 cm³/mol. The monoisotopic (exact) mass is 194 g/mol. The van der Waals surface area contributed by atoms with Crippen molar-refractivity contribution in [1.29, 1.82) is 0 Å². The summed E-state index contributed by atoms with van der Waals surface area (Å²) in [5.74, 6) is 1.50. The number of rotatable bonds is 2. The maximum atomic E-state index is 12.0. The van der Waals surface area contributed by atoms with Gasteiger partial charge in [0.25, 0.3) is 0 Å². The molecule has 0 aromatic carbocycles. The van der Waals surface area contributed by atoms with Gasteiger partial charge in [0.1, 0.15) is 0 Å². The van der Waals surface area contributed by atoms with E-state index in [0.29, 0.717) is 30.5 Å². The van der Waals surface area contributed by atoms with E-state index in [1.165, 1.54) is 19.3 Å². The number of fused-ring (bicyclic) bond motifs is 2. The fourth-order valence-electron chi connectivity index (χ4n) is 3.20. The van der Waals surface area contributed by atoms with Gasteiger partial charge in [-0.15, -0.1) is 0 Å². The quantitative estimate of drug-likeness (QED) is 0.704. The lowest BCUT2D eigenvalue weighted by atomic mass is 9.65. The highest BCUT2D eigenvalue weighted by Gasteiger charge is 2.51. The molecule has 1 atom stereocenters. The lowest BCUT2D eigenvalue weighted by Crippen LogP contribution is -2.65. The highest BCUT2D eigenvalue weighted by molar-refractivity contribution is 5.82. The van der Waals surface area contributed by atoms with Crippen LogP contribution in [-0.2, 0) is 4.79 Å².